The van der Waals surface area contributed by atoms with Gasteiger partial charge in [-0.2, -0.15) is 0 Å². The second-order valence-corrected chi connectivity index (χ2v) is 5.87. The van der Waals surface area contributed by atoms with Gasteiger partial charge in [-0.1, -0.05) is 24.3 Å². The quantitative estimate of drug-likeness (QED) is 0.742. The maximum atomic E-state index is 12.1. The number of hydrogen-bond acceptors (Lipinski definition) is 3. The molecule has 5 nitrogen and oxygen atoms in total. The van der Waals surface area contributed by atoms with Gasteiger partial charge in [-0.15, -0.1) is 0 Å². The molecule has 0 bridgehead atoms. The second kappa shape index (κ2) is 9.42. The molecule has 0 aliphatic carbocycles. The van der Waals surface area contributed by atoms with Crippen molar-refractivity contribution in [2.45, 2.75) is 26.8 Å². The molecule has 2 aromatic rings. The van der Waals surface area contributed by atoms with Crippen molar-refractivity contribution < 1.29 is 14.3 Å². The van der Waals surface area contributed by atoms with Crippen LogP contribution in [0.3, 0.4) is 0 Å². The lowest BCUT2D eigenvalue weighted by atomic mass is 10.1. The maximum absolute atomic E-state index is 12.1. The number of amides is 2. The van der Waals surface area contributed by atoms with Gasteiger partial charge in [0.05, 0.1) is 12.6 Å². The van der Waals surface area contributed by atoms with Crippen molar-refractivity contribution in [1.82, 2.24) is 5.32 Å². The van der Waals surface area contributed by atoms with Crippen molar-refractivity contribution >= 4 is 23.6 Å². The highest BCUT2D eigenvalue weighted by atomic mass is 16.5. The number of rotatable bonds is 7. The molecule has 26 heavy (non-hydrogen) atoms. The van der Waals surface area contributed by atoms with Crippen LogP contribution in [0.4, 0.5) is 5.69 Å². The first-order chi connectivity index (χ1) is 12.5. The summed E-state index contributed by atoms with van der Waals surface area (Å²) in [6, 6.07) is 14.8. The predicted octanol–water partition coefficient (Wildman–Crippen LogP) is 3.93. The molecule has 0 fully saturated rings. The van der Waals surface area contributed by atoms with E-state index in [9.17, 15) is 9.59 Å². The summed E-state index contributed by atoms with van der Waals surface area (Å²) in [4.78, 5) is 23.1. The van der Waals surface area contributed by atoms with Crippen molar-refractivity contribution in [2.75, 3.05) is 11.9 Å². The molecule has 136 valence electrons. The number of carbonyl (C=O) groups is 2. The van der Waals surface area contributed by atoms with E-state index in [1.165, 1.54) is 13.0 Å². The van der Waals surface area contributed by atoms with Crippen molar-refractivity contribution in [3.63, 3.8) is 0 Å². The summed E-state index contributed by atoms with van der Waals surface area (Å²) in [5.41, 5.74) is 2.61. The number of carbonyl (C=O) groups excluding carboxylic acids is 2. The fourth-order valence-corrected chi connectivity index (χ4v) is 2.42. The summed E-state index contributed by atoms with van der Waals surface area (Å²) in [7, 11) is 0. The van der Waals surface area contributed by atoms with Crippen LogP contribution in [0.5, 0.6) is 5.75 Å². The van der Waals surface area contributed by atoms with Crippen LogP contribution >= 0.6 is 0 Å². The summed E-state index contributed by atoms with van der Waals surface area (Å²) in [5, 5.41) is 5.63. The van der Waals surface area contributed by atoms with Crippen LogP contribution in [0.1, 0.15) is 37.9 Å². The molecular weight excluding hydrogens is 328 g/mol. The fourth-order valence-electron chi connectivity index (χ4n) is 2.42. The number of nitrogens with one attached hydrogen (secondary N) is 2. The minimum Gasteiger partial charge on any atom is -0.494 e. The zero-order valence-corrected chi connectivity index (χ0v) is 15.3. The lowest BCUT2D eigenvalue weighted by Crippen LogP contribution is -2.24. The van der Waals surface area contributed by atoms with Crippen LogP contribution in [-0.2, 0) is 9.59 Å². The summed E-state index contributed by atoms with van der Waals surface area (Å²) in [6.07, 6.45) is 3.23. The van der Waals surface area contributed by atoms with Crippen LogP contribution in [0, 0.1) is 0 Å². The molecule has 0 saturated carbocycles. The van der Waals surface area contributed by atoms with Gasteiger partial charge in [0, 0.05) is 18.7 Å². The summed E-state index contributed by atoms with van der Waals surface area (Å²) in [6.45, 7) is 5.96. The average molecular weight is 352 g/mol. The van der Waals surface area contributed by atoms with E-state index in [2.05, 4.69) is 10.6 Å². The second-order valence-electron chi connectivity index (χ2n) is 5.87. The third-order valence-electron chi connectivity index (χ3n) is 3.71. The summed E-state index contributed by atoms with van der Waals surface area (Å²) in [5.74, 6) is 0.533. The number of anilines is 1. The molecule has 0 aliphatic rings. The van der Waals surface area contributed by atoms with E-state index < -0.39 is 0 Å². The fraction of sp³-hybridized carbons (Fsp3) is 0.238. The van der Waals surface area contributed by atoms with E-state index >= 15 is 0 Å². The van der Waals surface area contributed by atoms with Crippen LogP contribution in [0.15, 0.2) is 54.6 Å². The monoisotopic (exact) mass is 352 g/mol. The zero-order valence-electron chi connectivity index (χ0n) is 15.3. The smallest absolute Gasteiger partial charge is 0.244 e. The van der Waals surface area contributed by atoms with Crippen molar-refractivity contribution in [1.29, 1.82) is 0 Å². The number of hydrogen-bond donors (Lipinski definition) is 2. The van der Waals surface area contributed by atoms with Gasteiger partial charge in [0.25, 0.3) is 0 Å². The lowest BCUT2D eigenvalue weighted by molar-refractivity contribution is -0.117. The third-order valence-corrected chi connectivity index (χ3v) is 3.71. The molecule has 0 aliphatic heterocycles. The average Bonchev–Trinajstić information content (AvgIpc) is 2.61. The zero-order chi connectivity index (χ0) is 18.9. The summed E-state index contributed by atoms with van der Waals surface area (Å²) < 4.78 is 5.42. The molecule has 5 heteroatoms. The van der Waals surface area contributed by atoms with E-state index in [0.29, 0.717) is 6.61 Å². The molecule has 1 unspecified atom stereocenters. The van der Waals surface area contributed by atoms with Crippen LogP contribution < -0.4 is 15.4 Å². The molecule has 1 atom stereocenters. The van der Waals surface area contributed by atoms with Crippen molar-refractivity contribution in [3.8, 4) is 5.75 Å². The van der Waals surface area contributed by atoms with Crippen molar-refractivity contribution in [3.05, 3.63) is 65.7 Å². The number of ether oxygens (including phenoxy) is 1. The van der Waals surface area contributed by atoms with E-state index in [-0.39, 0.29) is 17.9 Å². The van der Waals surface area contributed by atoms with Gasteiger partial charge in [-0.25, -0.2) is 0 Å². The van der Waals surface area contributed by atoms with Gasteiger partial charge >= 0.3 is 0 Å². The Morgan fingerprint density at radius 1 is 1.08 bits per heavy atom. The predicted molar refractivity (Wildman–Crippen MR) is 104 cm³/mol. The summed E-state index contributed by atoms with van der Waals surface area (Å²) >= 11 is 0. The molecule has 2 amide bonds. The SMILES string of the molecule is CCOc1ccc(C(C)NC(=O)/C=C/c2ccc(NC(C)=O)cc2)cc1. The third kappa shape index (κ3) is 6.09. The maximum Gasteiger partial charge on any atom is 0.244 e. The van der Waals surface area contributed by atoms with E-state index in [1.807, 2.05) is 50.2 Å². The van der Waals surface area contributed by atoms with Gasteiger partial charge in [-0.3, -0.25) is 9.59 Å². The minimum absolute atomic E-state index is 0.107. The van der Waals surface area contributed by atoms with Gasteiger partial charge in [0.2, 0.25) is 11.8 Å². The number of benzene rings is 2. The molecule has 0 radical (unpaired) electrons. The molecular formula is C21H24N2O3. The Hall–Kier alpha value is -3.08. The highest BCUT2D eigenvalue weighted by molar-refractivity contribution is 5.92. The van der Waals surface area contributed by atoms with Crippen LogP contribution in [-0.4, -0.2) is 18.4 Å². The highest BCUT2D eigenvalue weighted by Gasteiger charge is 2.07. The Balaban J connectivity index is 1.90. The first kappa shape index (κ1) is 19.2. The van der Waals surface area contributed by atoms with E-state index in [4.69, 9.17) is 4.74 Å². The van der Waals surface area contributed by atoms with Gasteiger partial charge < -0.3 is 15.4 Å². The van der Waals surface area contributed by atoms with Crippen LogP contribution in [0.2, 0.25) is 0 Å². The molecule has 0 aromatic heterocycles. The van der Waals surface area contributed by atoms with Crippen LogP contribution in [0.25, 0.3) is 6.08 Å². The normalized spacial score (nSPS) is 11.8. The molecule has 0 saturated heterocycles. The molecule has 2 aromatic carbocycles. The Morgan fingerprint density at radius 2 is 1.73 bits per heavy atom. The van der Waals surface area contributed by atoms with E-state index in [1.54, 1.807) is 18.2 Å². The largest absolute Gasteiger partial charge is 0.494 e. The standard InChI is InChI=1S/C21H24N2O3/c1-4-26-20-12-8-18(9-13-20)15(2)22-21(25)14-7-17-5-10-19(11-6-17)23-16(3)24/h5-15H,4H2,1-3H3,(H,22,25)(H,23,24)/b14-7+. The Bertz CT molecular complexity index is 765. The molecule has 0 heterocycles. The molecule has 0 spiro atoms. The topological polar surface area (TPSA) is 67.4 Å². The van der Waals surface area contributed by atoms with Gasteiger partial charge in [0.15, 0.2) is 0 Å². The van der Waals surface area contributed by atoms with Crippen molar-refractivity contribution in [2.24, 2.45) is 0 Å². The Morgan fingerprint density at radius 3 is 2.31 bits per heavy atom. The Labute approximate surface area is 154 Å². The van der Waals surface area contributed by atoms with Gasteiger partial charge in [0.1, 0.15) is 5.75 Å². The molecule has 2 rings (SSSR count). The van der Waals surface area contributed by atoms with E-state index in [0.717, 1.165) is 22.6 Å². The first-order valence-corrected chi connectivity index (χ1v) is 8.57. The van der Waals surface area contributed by atoms with Gasteiger partial charge in [-0.05, 0) is 55.3 Å². The lowest BCUT2D eigenvalue weighted by Gasteiger charge is -2.13. The minimum atomic E-state index is -0.169. The highest BCUT2D eigenvalue weighted by Crippen LogP contribution is 2.17. The first-order valence-electron chi connectivity index (χ1n) is 8.57. The Kier molecular flexibility index (Phi) is 6.97. The molecule has 2 N–H and O–H groups in total.